The third-order valence-corrected chi connectivity index (χ3v) is 4.44. The average molecular weight is 334 g/mol. The molecular weight excluding hydrogens is 316 g/mol. The van der Waals surface area contributed by atoms with Crippen molar-refractivity contribution in [2.45, 2.75) is 13.8 Å². The van der Waals surface area contributed by atoms with Crippen LogP contribution in [0.3, 0.4) is 0 Å². The number of benzene rings is 1. The normalized spacial score (nSPS) is 10.2. The Morgan fingerprint density at radius 3 is 2.48 bits per heavy atom. The van der Waals surface area contributed by atoms with Crippen LogP contribution in [0, 0.1) is 6.92 Å². The summed E-state index contributed by atoms with van der Waals surface area (Å²) in [6.45, 7) is 3.61. The number of hydrogen-bond acceptors (Lipinski definition) is 6. The maximum absolute atomic E-state index is 12.0. The van der Waals surface area contributed by atoms with Crippen molar-refractivity contribution < 1.29 is 23.8 Å². The third-order valence-electron chi connectivity index (χ3n) is 3.14. The van der Waals surface area contributed by atoms with E-state index in [2.05, 4.69) is 0 Å². The highest BCUT2D eigenvalue weighted by atomic mass is 32.1. The van der Waals surface area contributed by atoms with Gasteiger partial charge in [-0.3, -0.25) is 0 Å². The molecule has 1 aromatic heterocycles. The lowest BCUT2D eigenvalue weighted by atomic mass is 10.1. The van der Waals surface area contributed by atoms with Gasteiger partial charge in [0, 0.05) is 10.4 Å². The molecule has 0 aliphatic heterocycles. The summed E-state index contributed by atoms with van der Waals surface area (Å²) in [5, 5.41) is 0. The lowest BCUT2D eigenvalue weighted by molar-refractivity contribution is -0.145. The standard InChI is InChI=1S/C17H18O5S/c1-4-21-13(18)10-22-14-11(2)15(12-8-6-5-7-9-12)23-16(14)17(19)20-3/h5-9H,4,10H2,1-3H3. The van der Waals surface area contributed by atoms with Crippen LogP contribution in [0.1, 0.15) is 22.2 Å². The highest BCUT2D eigenvalue weighted by Crippen LogP contribution is 2.41. The van der Waals surface area contributed by atoms with Crippen LogP contribution in [0.5, 0.6) is 5.75 Å². The molecule has 0 aliphatic rings. The Hall–Kier alpha value is -2.34. The van der Waals surface area contributed by atoms with Gasteiger partial charge in [-0.15, -0.1) is 11.3 Å². The van der Waals surface area contributed by atoms with Gasteiger partial charge >= 0.3 is 11.9 Å². The van der Waals surface area contributed by atoms with Crippen molar-refractivity contribution in [3.63, 3.8) is 0 Å². The summed E-state index contributed by atoms with van der Waals surface area (Å²) in [5.41, 5.74) is 1.78. The topological polar surface area (TPSA) is 61.8 Å². The number of rotatable bonds is 6. The highest BCUT2D eigenvalue weighted by Gasteiger charge is 2.24. The first-order valence-corrected chi connectivity index (χ1v) is 7.95. The van der Waals surface area contributed by atoms with Gasteiger partial charge in [0.1, 0.15) is 5.75 Å². The summed E-state index contributed by atoms with van der Waals surface area (Å²) in [4.78, 5) is 24.7. The van der Waals surface area contributed by atoms with Crippen LogP contribution in [0.2, 0.25) is 0 Å². The maximum Gasteiger partial charge on any atom is 0.351 e. The van der Waals surface area contributed by atoms with E-state index in [0.29, 0.717) is 10.6 Å². The van der Waals surface area contributed by atoms with Crippen LogP contribution in [0.15, 0.2) is 30.3 Å². The van der Waals surface area contributed by atoms with Crippen molar-refractivity contribution in [3.05, 3.63) is 40.8 Å². The second-order valence-corrected chi connectivity index (χ2v) is 5.69. The second-order valence-electron chi connectivity index (χ2n) is 4.67. The fourth-order valence-electron chi connectivity index (χ4n) is 2.10. The lowest BCUT2D eigenvalue weighted by Gasteiger charge is -2.07. The third kappa shape index (κ3) is 3.90. The smallest absolute Gasteiger partial charge is 0.351 e. The Labute approximate surface area is 138 Å². The fraction of sp³-hybridized carbons (Fsp3) is 0.294. The number of methoxy groups -OCH3 is 1. The van der Waals surface area contributed by atoms with Gasteiger partial charge in [-0.2, -0.15) is 0 Å². The molecule has 1 heterocycles. The Kier molecular flexibility index (Phi) is 5.76. The SMILES string of the molecule is CCOC(=O)COc1c(C(=O)OC)sc(-c2ccccc2)c1C. The van der Waals surface area contributed by atoms with E-state index in [4.69, 9.17) is 14.2 Å². The van der Waals surface area contributed by atoms with Crippen molar-refractivity contribution in [2.75, 3.05) is 20.3 Å². The molecule has 6 heteroatoms. The molecule has 0 N–H and O–H groups in total. The predicted octanol–water partition coefficient (Wildman–Crippen LogP) is 3.45. The van der Waals surface area contributed by atoms with E-state index in [9.17, 15) is 9.59 Å². The Balaban J connectivity index is 2.37. The van der Waals surface area contributed by atoms with Gasteiger partial charge in [0.05, 0.1) is 13.7 Å². The van der Waals surface area contributed by atoms with Gasteiger partial charge in [0.2, 0.25) is 0 Å². The number of carbonyl (C=O) groups is 2. The zero-order chi connectivity index (χ0) is 16.8. The highest BCUT2D eigenvalue weighted by molar-refractivity contribution is 7.18. The van der Waals surface area contributed by atoms with Gasteiger partial charge in [-0.05, 0) is 19.4 Å². The van der Waals surface area contributed by atoms with Crippen LogP contribution in [-0.4, -0.2) is 32.3 Å². The monoisotopic (exact) mass is 334 g/mol. The zero-order valence-electron chi connectivity index (χ0n) is 13.3. The minimum absolute atomic E-state index is 0.246. The number of carbonyl (C=O) groups excluding carboxylic acids is 2. The Morgan fingerprint density at radius 1 is 1.17 bits per heavy atom. The molecule has 2 aromatic rings. The number of ether oxygens (including phenoxy) is 3. The van der Waals surface area contributed by atoms with Gasteiger partial charge in [-0.25, -0.2) is 9.59 Å². The van der Waals surface area contributed by atoms with E-state index in [1.165, 1.54) is 18.4 Å². The molecule has 0 amide bonds. The summed E-state index contributed by atoms with van der Waals surface area (Å²) in [6, 6.07) is 9.67. The molecule has 0 bridgehead atoms. The molecule has 0 atom stereocenters. The quantitative estimate of drug-likeness (QED) is 0.757. The van der Waals surface area contributed by atoms with Crippen molar-refractivity contribution in [1.29, 1.82) is 0 Å². The van der Waals surface area contributed by atoms with Crippen molar-refractivity contribution in [1.82, 2.24) is 0 Å². The van der Waals surface area contributed by atoms with Crippen molar-refractivity contribution >= 4 is 23.3 Å². The summed E-state index contributed by atoms with van der Waals surface area (Å²) in [6.07, 6.45) is 0. The van der Waals surface area contributed by atoms with Gasteiger partial charge < -0.3 is 14.2 Å². The largest absolute Gasteiger partial charge is 0.480 e. The predicted molar refractivity (Wildman–Crippen MR) is 88.0 cm³/mol. The van der Waals surface area contributed by atoms with E-state index in [1.54, 1.807) is 6.92 Å². The zero-order valence-corrected chi connectivity index (χ0v) is 14.1. The molecule has 23 heavy (non-hydrogen) atoms. The number of esters is 2. The van der Waals surface area contributed by atoms with Crippen LogP contribution in [0.25, 0.3) is 10.4 Å². The minimum Gasteiger partial charge on any atom is -0.480 e. The fourth-order valence-corrected chi connectivity index (χ4v) is 3.27. The molecule has 0 aliphatic carbocycles. The van der Waals surface area contributed by atoms with Gasteiger partial charge in [0.25, 0.3) is 0 Å². The molecule has 0 unspecified atom stereocenters. The van der Waals surface area contributed by atoms with Gasteiger partial charge in [-0.1, -0.05) is 30.3 Å². The molecule has 0 saturated heterocycles. The van der Waals surface area contributed by atoms with E-state index in [-0.39, 0.29) is 13.2 Å². The first-order valence-electron chi connectivity index (χ1n) is 7.14. The Bertz CT molecular complexity index is 691. The number of thiophene rings is 1. The molecule has 0 radical (unpaired) electrons. The average Bonchev–Trinajstić information content (AvgIpc) is 2.90. The lowest BCUT2D eigenvalue weighted by Crippen LogP contribution is -2.15. The van der Waals surface area contributed by atoms with E-state index >= 15 is 0 Å². The van der Waals surface area contributed by atoms with E-state index in [0.717, 1.165) is 16.0 Å². The Morgan fingerprint density at radius 2 is 1.87 bits per heavy atom. The van der Waals surface area contributed by atoms with Crippen molar-refractivity contribution in [2.24, 2.45) is 0 Å². The first-order chi connectivity index (χ1) is 11.1. The molecule has 0 spiro atoms. The summed E-state index contributed by atoms with van der Waals surface area (Å²) in [7, 11) is 1.31. The molecule has 122 valence electrons. The molecular formula is C17H18O5S. The maximum atomic E-state index is 12.0. The molecule has 0 saturated carbocycles. The van der Waals surface area contributed by atoms with Crippen LogP contribution >= 0.6 is 11.3 Å². The molecule has 5 nitrogen and oxygen atoms in total. The van der Waals surface area contributed by atoms with E-state index < -0.39 is 11.9 Å². The van der Waals surface area contributed by atoms with Crippen molar-refractivity contribution in [3.8, 4) is 16.2 Å². The minimum atomic E-state index is -0.487. The molecule has 2 rings (SSSR count). The molecule has 1 aromatic carbocycles. The first kappa shape index (κ1) is 17.0. The van der Waals surface area contributed by atoms with Crippen LogP contribution in [0.4, 0.5) is 0 Å². The van der Waals surface area contributed by atoms with Crippen LogP contribution < -0.4 is 4.74 Å². The number of hydrogen-bond donors (Lipinski definition) is 0. The summed E-state index contributed by atoms with van der Waals surface area (Å²) in [5.74, 6) is -0.594. The summed E-state index contributed by atoms with van der Waals surface area (Å²) >= 11 is 1.29. The van der Waals surface area contributed by atoms with Crippen LogP contribution in [-0.2, 0) is 14.3 Å². The molecule has 0 fully saturated rings. The second kappa shape index (κ2) is 7.78. The summed E-state index contributed by atoms with van der Waals surface area (Å²) < 4.78 is 15.2. The van der Waals surface area contributed by atoms with E-state index in [1.807, 2.05) is 37.3 Å². The van der Waals surface area contributed by atoms with Gasteiger partial charge in [0.15, 0.2) is 11.5 Å².